The topological polar surface area (TPSA) is 168 Å². The predicted molar refractivity (Wildman–Crippen MR) is 172 cm³/mol. The highest BCUT2D eigenvalue weighted by Crippen LogP contribution is 2.45. The van der Waals surface area contributed by atoms with Crippen molar-refractivity contribution in [2.75, 3.05) is 46.7 Å². The standard InChI is InChI=1S/C32H38F3N3O10.ClH/c1-19(2)36-16-21(40)18-48-23-10-8-22(9-11-23)46-14-12-45-13-15-47-31(41)27-20(3)37-30(32(33,34)35)29(44-4)28(27)24-6-5-7-26(38(42)43)25(24)17-39;/h5-11,19,21,24,28,36-37,40H,12-16,18H2,1-4H3;1H. The molecular formula is C32H39ClF3N3O10. The monoisotopic (exact) mass is 717 g/mol. The zero-order chi connectivity index (χ0) is 35.4. The van der Waals surface area contributed by atoms with Gasteiger partial charge in [-0.15, -0.1) is 12.4 Å². The smallest absolute Gasteiger partial charge is 0.434 e. The number of aliphatic hydroxyl groups excluding tert-OH is 1. The molecule has 0 bridgehead atoms. The van der Waals surface area contributed by atoms with Crippen molar-refractivity contribution in [2.45, 2.75) is 39.1 Å². The fourth-order valence-electron chi connectivity index (χ4n) is 4.93. The third-order valence-electron chi connectivity index (χ3n) is 7.11. The van der Waals surface area contributed by atoms with E-state index in [9.17, 15) is 38.0 Å². The Morgan fingerprint density at radius 1 is 1.12 bits per heavy atom. The number of nitrogens with one attached hydrogen (secondary N) is 2. The maximum Gasteiger partial charge on any atom is 0.434 e. The van der Waals surface area contributed by atoms with Crippen molar-refractivity contribution in [1.29, 1.82) is 0 Å². The molecule has 3 N–H and O–H groups in total. The molecule has 0 saturated heterocycles. The van der Waals surface area contributed by atoms with Gasteiger partial charge in [-0.05, 0) is 31.2 Å². The van der Waals surface area contributed by atoms with Gasteiger partial charge in [0.25, 0.3) is 5.70 Å². The summed E-state index contributed by atoms with van der Waals surface area (Å²) < 4.78 is 68.9. The molecule has 0 amide bonds. The molecule has 0 radical (unpaired) electrons. The van der Waals surface area contributed by atoms with E-state index < -0.39 is 57.7 Å². The molecule has 13 nitrogen and oxygen atoms in total. The number of rotatable bonds is 17. The van der Waals surface area contributed by atoms with Crippen LogP contribution in [0.2, 0.25) is 0 Å². The van der Waals surface area contributed by atoms with Crippen LogP contribution in [0.1, 0.15) is 20.8 Å². The minimum Gasteiger partial charge on any atom is -0.498 e. The first-order chi connectivity index (χ1) is 22.8. The summed E-state index contributed by atoms with van der Waals surface area (Å²) in [4.78, 5) is 35.8. The van der Waals surface area contributed by atoms with Crippen LogP contribution in [0.25, 0.3) is 0 Å². The largest absolute Gasteiger partial charge is 0.498 e. The molecule has 49 heavy (non-hydrogen) atoms. The number of halogens is 4. The van der Waals surface area contributed by atoms with E-state index >= 15 is 0 Å². The number of hydrogen-bond acceptors (Lipinski definition) is 12. The lowest BCUT2D eigenvalue weighted by Gasteiger charge is -2.35. The predicted octanol–water partition coefficient (Wildman–Crippen LogP) is 3.80. The van der Waals surface area contributed by atoms with Crippen molar-refractivity contribution in [2.24, 2.45) is 11.8 Å². The number of carbonyl (C=O) groups excluding carboxylic acids is 2. The average molecular weight is 718 g/mol. The molecule has 1 heterocycles. The number of carbonyl (C=O) groups is 1. The normalized spacial score (nSPS) is 18.2. The molecule has 0 saturated carbocycles. The summed E-state index contributed by atoms with van der Waals surface area (Å²) in [5.41, 5.74) is -3.10. The van der Waals surface area contributed by atoms with Crippen LogP contribution < -0.4 is 20.1 Å². The number of aliphatic hydroxyl groups is 1. The van der Waals surface area contributed by atoms with Crippen molar-refractivity contribution < 1.29 is 56.5 Å². The lowest BCUT2D eigenvalue weighted by Crippen LogP contribution is -2.40. The highest BCUT2D eigenvalue weighted by molar-refractivity contribution is 5.91. The van der Waals surface area contributed by atoms with Gasteiger partial charge in [-0.3, -0.25) is 10.1 Å². The molecule has 1 aromatic carbocycles. The van der Waals surface area contributed by atoms with E-state index in [2.05, 4.69) is 10.6 Å². The van der Waals surface area contributed by atoms with Crippen LogP contribution in [-0.4, -0.2) is 87.0 Å². The van der Waals surface area contributed by atoms with Crippen molar-refractivity contribution in [1.82, 2.24) is 10.6 Å². The number of esters is 1. The molecule has 0 fully saturated rings. The molecule has 0 aromatic heterocycles. The van der Waals surface area contributed by atoms with E-state index in [-0.39, 0.29) is 62.8 Å². The van der Waals surface area contributed by atoms with E-state index in [1.54, 1.807) is 24.3 Å². The molecule has 3 atom stereocenters. The fraction of sp³-hybridized carbons (Fsp3) is 0.469. The summed E-state index contributed by atoms with van der Waals surface area (Å²) in [5, 5.41) is 26.8. The van der Waals surface area contributed by atoms with Gasteiger partial charge >= 0.3 is 12.1 Å². The Bertz CT molecular complexity index is 1490. The molecule has 3 unspecified atom stereocenters. The number of nitrogens with zero attached hydrogens (tertiary/aromatic N) is 1. The van der Waals surface area contributed by atoms with Crippen molar-refractivity contribution in [3.8, 4) is 11.5 Å². The minimum atomic E-state index is -4.95. The zero-order valence-electron chi connectivity index (χ0n) is 27.2. The van der Waals surface area contributed by atoms with Gasteiger partial charge < -0.3 is 39.4 Å². The third kappa shape index (κ3) is 11.4. The van der Waals surface area contributed by atoms with Crippen molar-refractivity contribution in [3.05, 3.63) is 86.6 Å². The Balaban J connectivity index is 0.00000833. The van der Waals surface area contributed by atoms with Crippen LogP contribution in [0.15, 0.2) is 76.5 Å². The molecular weight excluding hydrogens is 679 g/mol. The van der Waals surface area contributed by atoms with Gasteiger partial charge in [-0.2, -0.15) is 13.2 Å². The Hall–Kier alpha value is -4.34. The van der Waals surface area contributed by atoms with Crippen molar-refractivity contribution in [3.63, 3.8) is 0 Å². The Morgan fingerprint density at radius 3 is 2.33 bits per heavy atom. The summed E-state index contributed by atoms with van der Waals surface area (Å²) in [6.45, 7) is 5.58. The lowest BCUT2D eigenvalue weighted by atomic mass is 9.74. The molecule has 0 spiro atoms. The third-order valence-corrected chi connectivity index (χ3v) is 7.11. The maximum atomic E-state index is 14.0. The highest BCUT2D eigenvalue weighted by Gasteiger charge is 2.49. The fourth-order valence-corrected chi connectivity index (χ4v) is 4.93. The van der Waals surface area contributed by atoms with E-state index in [4.69, 9.17) is 23.7 Å². The summed E-state index contributed by atoms with van der Waals surface area (Å²) in [6.07, 6.45) is -2.13. The molecule has 1 aromatic rings. The molecule has 2 aliphatic rings. The van der Waals surface area contributed by atoms with E-state index in [0.29, 0.717) is 18.0 Å². The van der Waals surface area contributed by atoms with Gasteiger partial charge in [-0.25, -0.2) is 9.59 Å². The Labute approximate surface area is 287 Å². The SMILES string of the molecule is COC1=C(C(F)(F)F)NC(C)=C(C(=O)OCCOCCOc2ccc(OCC(O)CNC(C)C)cc2)C1C1C=CC=C([N+](=O)[O-])C1=C=O.Cl. The maximum absolute atomic E-state index is 14.0. The lowest BCUT2D eigenvalue weighted by molar-refractivity contribution is -0.421. The number of methoxy groups -OCH3 is 1. The van der Waals surface area contributed by atoms with Gasteiger partial charge in [0.15, 0.2) is 5.70 Å². The van der Waals surface area contributed by atoms with Gasteiger partial charge in [-0.1, -0.05) is 26.0 Å². The number of hydrogen-bond donors (Lipinski definition) is 3. The van der Waals surface area contributed by atoms with Gasteiger partial charge in [0.2, 0.25) is 0 Å². The van der Waals surface area contributed by atoms with E-state index in [0.717, 1.165) is 13.2 Å². The zero-order valence-corrected chi connectivity index (χ0v) is 28.0. The second-order valence-corrected chi connectivity index (χ2v) is 10.9. The van der Waals surface area contributed by atoms with Crippen LogP contribution in [0.4, 0.5) is 13.2 Å². The number of ether oxygens (including phenoxy) is 5. The number of allylic oxidation sites excluding steroid dienone is 7. The first-order valence-corrected chi connectivity index (χ1v) is 14.9. The summed E-state index contributed by atoms with van der Waals surface area (Å²) in [5.74, 6) is -2.24. The van der Waals surface area contributed by atoms with Gasteiger partial charge in [0.1, 0.15) is 54.7 Å². The first-order valence-electron chi connectivity index (χ1n) is 14.9. The van der Waals surface area contributed by atoms with Crippen LogP contribution >= 0.6 is 12.4 Å². The molecule has 270 valence electrons. The van der Waals surface area contributed by atoms with E-state index in [1.165, 1.54) is 25.0 Å². The van der Waals surface area contributed by atoms with Crippen molar-refractivity contribution >= 4 is 24.3 Å². The van der Waals surface area contributed by atoms with Crippen LogP contribution in [0, 0.1) is 22.0 Å². The second kappa shape index (κ2) is 19.0. The molecule has 3 rings (SSSR count). The first kappa shape index (κ1) is 40.8. The average Bonchev–Trinajstić information content (AvgIpc) is 3.04. The highest BCUT2D eigenvalue weighted by atomic mass is 35.5. The number of nitro groups is 1. The summed E-state index contributed by atoms with van der Waals surface area (Å²) >= 11 is 0. The van der Waals surface area contributed by atoms with Crippen LogP contribution in [0.3, 0.4) is 0 Å². The quantitative estimate of drug-likeness (QED) is 0.0702. The minimum absolute atomic E-state index is 0. The summed E-state index contributed by atoms with van der Waals surface area (Å²) in [6, 6.07) is 7.00. The van der Waals surface area contributed by atoms with E-state index in [1.807, 2.05) is 13.8 Å². The molecule has 17 heteroatoms. The number of benzene rings is 1. The molecule has 1 aliphatic carbocycles. The van der Waals surface area contributed by atoms with Gasteiger partial charge in [0, 0.05) is 30.3 Å². The van der Waals surface area contributed by atoms with Gasteiger partial charge in [0.05, 0.1) is 36.7 Å². The van der Waals surface area contributed by atoms with Crippen LogP contribution in [0.5, 0.6) is 11.5 Å². The Kier molecular flexibility index (Phi) is 15.8. The molecule has 1 aliphatic heterocycles. The van der Waals surface area contributed by atoms with Crippen LogP contribution in [-0.2, 0) is 23.8 Å². The summed E-state index contributed by atoms with van der Waals surface area (Å²) in [7, 11) is 0.956. The number of alkyl halides is 3. The second-order valence-electron chi connectivity index (χ2n) is 10.9. The Morgan fingerprint density at radius 2 is 1.76 bits per heavy atom. The number of dihydropyridines is 1.